The maximum absolute atomic E-state index is 11.5. The van der Waals surface area contributed by atoms with Crippen molar-refractivity contribution in [1.29, 1.82) is 0 Å². The number of Topliss-reactive ketones (excluding diaryl/α,β-unsaturated/α-hetero) is 1. The number of carbonyl (C=O) groups excluding carboxylic acids is 1. The van der Waals surface area contributed by atoms with Crippen molar-refractivity contribution in [2.24, 2.45) is 5.41 Å². The molecule has 0 amide bonds. The predicted octanol–water partition coefficient (Wildman–Crippen LogP) is 3.43. The summed E-state index contributed by atoms with van der Waals surface area (Å²) in [5.74, 6) is 0.432. The zero-order valence-electron chi connectivity index (χ0n) is 7.69. The number of hydrogen-bond donors (Lipinski definition) is 0. The van der Waals surface area contributed by atoms with Crippen molar-refractivity contribution in [2.75, 3.05) is 0 Å². The van der Waals surface area contributed by atoms with Gasteiger partial charge >= 0.3 is 0 Å². The van der Waals surface area contributed by atoms with Crippen molar-refractivity contribution in [3.05, 3.63) is 10.6 Å². The molecular formula is C10H15BrO. The van der Waals surface area contributed by atoms with Crippen LogP contribution in [0.2, 0.25) is 0 Å². The van der Waals surface area contributed by atoms with Gasteiger partial charge in [-0.3, -0.25) is 4.79 Å². The van der Waals surface area contributed by atoms with Gasteiger partial charge < -0.3 is 0 Å². The number of halogens is 1. The van der Waals surface area contributed by atoms with Crippen LogP contribution in [0.15, 0.2) is 10.6 Å². The molecule has 1 fully saturated rings. The Morgan fingerprint density at radius 2 is 2.42 bits per heavy atom. The van der Waals surface area contributed by atoms with E-state index in [1.165, 1.54) is 0 Å². The summed E-state index contributed by atoms with van der Waals surface area (Å²) in [4.78, 5) is 11.5. The Kier molecular flexibility index (Phi) is 3.10. The molecule has 1 atom stereocenters. The molecule has 1 aliphatic carbocycles. The standard InChI is InChI=1S/C10H15BrO/c1-3-8(11)7-10(2)6-4-5-9(10)12/h3H,4-7H2,1-2H3/b8-3+. The number of rotatable bonds is 2. The average molecular weight is 231 g/mol. The summed E-state index contributed by atoms with van der Waals surface area (Å²) in [7, 11) is 0. The van der Waals surface area contributed by atoms with Crippen LogP contribution in [0.3, 0.4) is 0 Å². The quantitative estimate of drug-likeness (QED) is 0.711. The summed E-state index contributed by atoms with van der Waals surface area (Å²) < 4.78 is 1.15. The first-order valence-corrected chi connectivity index (χ1v) is 5.22. The van der Waals surface area contributed by atoms with Gasteiger partial charge in [0.25, 0.3) is 0 Å². The Morgan fingerprint density at radius 1 is 1.75 bits per heavy atom. The van der Waals surface area contributed by atoms with E-state index in [0.29, 0.717) is 5.78 Å². The summed E-state index contributed by atoms with van der Waals surface area (Å²) in [5.41, 5.74) is -0.0780. The second kappa shape index (κ2) is 3.73. The molecule has 0 aliphatic heterocycles. The second-order valence-electron chi connectivity index (χ2n) is 3.75. The lowest BCUT2D eigenvalue weighted by atomic mass is 9.84. The molecule has 0 heterocycles. The zero-order chi connectivity index (χ0) is 9.19. The van der Waals surface area contributed by atoms with Crippen molar-refractivity contribution < 1.29 is 4.79 Å². The first-order chi connectivity index (χ1) is 5.58. The van der Waals surface area contributed by atoms with Crippen molar-refractivity contribution in [3.63, 3.8) is 0 Å². The Bertz CT molecular complexity index is 220. The van der Waals surface area contributed by atoms with E-state index in [2.05, 4.69) is 22.9 Å². The summed E-state index contributed by atoms with van der Waals surface area (Å²) in [5, 5.41) is 0. The Balaban J connectivity index is 2.66. The highest BCUT2D eigenvalue weighted by atomic mass is 79.9. The zero-order valence-corrected chi connectivity index (χ0v) is 9.28. The van der Waals surface area contributed by atoms with E-state index in [9.17, 15) is 4.79 Å². The molecule has 68 valence electrons. The highest BCUT2D eigenvalue weighted by Crippen LogP contribution is 2.40. The number of ketones is 1. The third-order valence-corrected chi connectivity index (χ3v) is 3.42. The minimum absolute atomic E-state index is 0.0780. The van der Waals surface area contributed by atoms with Crippen LogP contribution < -0.4 is 0 Å². The maximum atomic E-state index is 11.5. The lowest BCUT2D eigenvalue weighted by molar-refractivity contribution is -0.124. The van der Waals surface area contributed by atoms with Crippen LogP contribution in [0.4, 0.5) is 0 Å². The average Bonchev–Trinajstić information content (AvgIpc) is 2.32. The molecule has 12 heavy (non-hydrogen) atoms. The largest absolute Gasteiger partial charge is 0.299 e. The van der Waals surface area contributed by atoms with E-state index < -0.39 is 0 Å². The Labute approximate surface area is 82.4 Å². The molecule has 0 spiro atoms. The maximum Gasteiger partial charge on any atom is 0.139 e. The third kappa shape index (κ3) is 1.98. The Hall–Kier alpha value is -0.110. The van der Waals surface area contributed by atoms with Crippen LogP contribution in [0.1, 0.15) is 39.5 Å². The molecule has 0 aromatic rings. The fourth-order valence-electron chi connectivity index (χ4n) is 1.74. The second-order valence-corrected chi connectivity index (χ2v) is 4.77. The van der Waals surface area contributed by atoms with Gasteiger partial charge in [-0.1, -0.05) is 28.9 Å². The summed E-state index contributed by atoms with van der Waals surface area (Å²) >= 11 is 3.46. The molecule has 1 aliphatic rings. The van der Waals surface area contributed by atoms with E-state index in [4.69, 9.17) is 0 Å². The van der Waals surface area contributed by atoms with Gasteiger partial charge in [0.05, 0.1) is 0 Å². The monoisotopic (exact) mass is 230 g/mol. The summed E-state index contributed by atoms with van der Waals surface area (Å²) in [6, 6.07) is 0. The molecular weight excluding hydrogens is 216 g/mol. The molecule has 1 nitrogen and oxygen atoms in total. The fourth-order valence-corrected chi connectivity index (χ4v) is 2.36. The third-order valence-electron chi connectivity index (χ3n) is 2.68. The van der Waals surface area contributed by atoms with Gasteiger partial charge in [0.15, 0.2) is 0 Å². The number of allylic oxidation sites excluding steroid dienone is 2. The summed E-state index contributed by atoms with van der Waals surface area (Å²) in [6.45, 7) is 4.07. The van der Waals surface area contributed by atoms with E-state index in [0.717, 1.165) is 30.2 Å². The molecule has 0 aromatic heterocycles. The van der Waals surface area contributed by atoms with Crippen LogP contribution in [0.5, 0.6) is 0 Å². The first-order valence-electron chi connectivity index (χ1n) is 4.42. The van der Waals surface area contributed by atoms with Gasteiger partial charge in [-0.05, 0) is 30.7 Å². The fraction of sp³-hybridized carbons (Fsp3) is 0.700. The van der Waals surface area contributed by atoms with Gasteiger partial charge in [-0.25, -0.2) is 0 Å². The molecule has 2 heteroatoms. The topological polar surface area (TPSA) is 17.1 Å². The smallest absolute Gasteiger partial charge is 0.139 e. The van der Waals surface area contributed by atoms with Gasteiger partial charge in [0.2, 0.25) is 0 Å². The highest BCUT2D eigenvalue weighted by Gasteiger charge is 2.37. The molecule has 1 unspecified atom stereocenters. The van der Waals surface area contributed by atoms with E-state index in [1.54, 1.807) is 0 Å². The highest BCUT2D eigenvalue weighted by molar-refractivity contribution is 9.11. The predicted molar refractivity (Wildman–Crippen MR) is 54.3 cm³/mol. The van der Waals surface area contributed by atoms with Crippen LogP contribution in [0.25, 0.3) is 0 Å². The minimum Gasteiger partial charge on any atom is -0.299 e. The van der Waals surface area contributed by atoms with Crippen molar-refractivity contribution in [1.82, 2.24) is 0 Å². The molecule has 0 bridgehead atoms. The lowest BCUT2D eigenvalue weighted by Gasteiger charge is -2.20. The minimum atomic E-state index is -0.0780. The van der Waals surface area contributed by atoms with E-state index in [-0.39, 0.29) is 5.41 Å². The summed E-state index contributed by atoms with van der Waals surface area (Å²) in [6.07, 6.45) is 5.80. The van der Waals surface area contributed by atoms with Crippen LogP contribution in [-0.4, -0.2) is 5.78 Å². The van der Waals surface area contributed by atoms with Gasteiger partial charge in [0, 0.05) is 11.8 Å². The molecule has 1 saturated carbocycles. The number of hydrogen-bond acceptors (Lipinski definition) is 1. The SMILES string of the molecule is C/C=C(/Br)CC1(C)CCCC1=O. The molecule has 0 radical (unpaired) electrons. The molecule has 0 N–H and O–H groups in total. The van der Waals surface area contributed by atoms with Gasteiger partial charge in [-0.15, -0.1) is 0 Å². The van der Waals surface area contributed by atoms with E-state index in [1.807, 2.05) is 13.0 Å². The normalized spacial score (nSPS) is 31.2. The van der Waals surface area contributed by atoms with Gasteiger partial charge in [0.1, 0.15) is 5.78 Å². The van der Waals surface area contributed by atoms with Crippen LogP contribution >= 0.6 is 15.9 Å². The first kappa shape index (κ1) is 9.97. The Morgan fingerprint density at radius 3 is 2.83 bits per heavy atom. The van der Waals surface area contributed by atoms with Gasteiger partial charge in [-0.2, -0.15) is 0 Å². The van der Waals surface area contributed by atoms with Crippen molar-refractivity contribution in [2.45, 2.75) is 39.5 Å². The number of carbonyl (C=O) groups is 1. The molecule has 1 rings (SSSR count). The van der Waals surface area contributed by atoms with Crippen molar-refractivity contribution >= 4 is 21.7 Å². The molecule has 0 saturated heterocycles. The van der Waals surface area contributed by atoms with Crippen LogP contribution in [-0.2, 0) is 4.79 Å². The van der Waals surface area contributed by atoms with Crippen molar-refractivity contribution in [3.8, 4) is 0 Å². The molecule has 0 aromatic carbocycles. The van der Waals surface area contributed by atoms with E-state index >= 15 is 0 Å². The van der Waals surface area contributed by atoms with Crippen LogP contribution in [0, 0.1) is 5.41 Å². The lowest BCUT2D eigenvalue weighted by Crippen LogP contribution is -2.21.